The van der Waals surface area contributed by atoms with Crippen LogP contribution < -0.4 is 10.9 Å². The Morgan fingerprint density at radius 1 is 1.00 bits per heavy atom. The van der Waals surface area contributed by atoms with Crippen LogP contribution in [0.4, 0.5) is 14.5 Å². The van der Waals surface area contributed by atoms with Gasteiger partial charge in [-0.3, -0.25) is 14.2 Å². The maximum absolute atomic E-state index is 14.4. The Balaban J connectivity index is 1.78. The largest absolute Gasteiger partial charge is 0.324 e. The number of rotatable bonds is 4. The lowest BCUT2D eigenvalue weighted by molar-refractivity contribution is -0.116. The van der Waals surface area contributed by atoms with E-state index in [4.69, 9.17) is 11.6 Å². The molecule has 3 aromatic carbocycles. The molecule has 0 aliphatic heterocycles. The van der Waals surface area contributed by atoms with E-state index in [0.29, 0.717) is 10.9 Å². The third-order valence-electron chi connectivity index (χ3n) is 4.48. The second-order valence-electron chi connectivity index (χ2n) is 6.50. The Morgan fingerprint density at radius 3 is 2.50 bits per heavy atom. The molecule has 1 N–H and O–H groups in total. The minimum atomic E-state index is -0.619. The predicted molar refractivity (Wildman–Crippen MR) is 111 cm³/mol. The molecule has 0 aliphatic carbocycles. The molecule has 1 heterocycles. The number of amides is 1. The van der Waals surface area contributed by atoms with E-state index in [1.54, 1.807) is 30.3 Å². The van der Waals surface area contributed by atoms with Crippen molar-refractivity contribution in [2.75, 3.05) is 5.32 Å². The fraction of sp³-hybridized carbons (Fsp3) is 0.0455. The van der Waals surface area contributed by atoms with Crippen LogP contribution in [-0.2, 0) is 11.3 Å². The molecule has 4 aromatic rings. The SMILES string of the molecule is O=C(Cn1c(-c2ccccc2F)nc2ccccc2c1=O)Nc1ccc(F)c(Cl)c1. The summed E-state index contributed by atoms with van der Waals surface area (Å²) in [5.41, 5.74) is 0.271. The number of nitrogens with one attached hydrogen (secondary N) is 1. The summed E-state index contributed by atoms with van der Waals surface area (Å²) in [6, 6.07) is 16.2. The van der Waals surface area contributed by atoms with Gasteiger partial charge in [-0.05, 0) is 42.5 Å². The molecule has 0 spiro atoms. The molecule has 0 bridgehead atoms. The Bertz CT molecular complexity index is 1340. The molecule has 1 amide bonds. The van der Waals surface area contributed by atoms with Crippen molar-refractivity contribution >= 4 is 34.1 Å². The minimum Gasteiger partial charge on any atom is -0.324 e. The highest BCUT2D eigenvalue weighted by Crippen LogP contribution is 2.23. The molecule has 0 atom stereocenters. The summed E-state index contributed by atoms with van der Waals surface area (Å²) in [5.74, 6) is -1.73. The van der Waals surface area contributed by atoms with E-state index in [2.05, 4.69) is 10.3 Å². The molecule has 0 fully saturated rings. The van der Waals surface area contributed by atoms with Crippen molar-refractivity contribution < 1.29 is 13.6 Å². The molecule has 0 unspecified atom stereocenters. The molecule has 150 valence electrons. The number of fused-ring (bicyclic) bond motifs is 1. The summed E-state index contributed by atoms with van der Waals surface area (Å²) >= 11 is 5.74. The Hall–Kier alpha value is -3.58. The van der Waals surface area contributed by atoms with E-state index in [1.165, 1.54) is 30.3 Å². The number of hydrogen-bond acceptors (Lipinski definition) is 3. The summed E-state index contributed by atoms with van der Waals surface area (Å²) in [5, 5.41) is 2.71. The average molecular weight is 426 g/mol. The number of carbonyl (C=O) groups is 1. The summed E-state index contributed by atoms with van der Waals surface area (Å²) < 4.78 is 28.9. The van der Waals surface area contributed by atoms with Crippen molar-refractivity contribution in [1.29, 1.82) is 0 Å². The number of para-hydroxylation sites is 1. The Kier molecular flexibility index (Phi) is 5.29. The minimum absolute atomic E-state index is 0.0316. The van der Waals surface area contributed by atoms with Gasteiger partial charge in [-0.2, -0.15) is 0 Å². The van der Waals surface area contributed by atoms with Crippen LogP contribution in [-0.4, -0.2) is 15.5 Å². The second-order valence-corrected chi connectivity index (χ2v) is 6.91. The number of halogens is 3. The zero-order chi connectivity index (χ0) is 21.3. The molecule has 0 saturated carbocycles. The number of nitrogens with zero attached hydrogens (tertiary/aromatic N) is 2. The van der Waals surface area contributed by atoms with Gasteiger partial charge in [0.05, 0.1) is 21.5 Å². The van der Waals surface area contributed by atoms with Crippen LogP contribution in [0.5, 0.6) is 0 Å². The molecule has 0 radical (unpaired) electrons. The van der Waals surface area contributed by atoms with Crippen molar-refractivity contribution in [3.63, 3.8) is 0 Å². The highest BCUT2D eigenvalue weighted by molar-refractivity contribution is 6.31. The monoisotopic (exact) mass is 425 g/mol. The normalized spacial score (nSPS) is 10.9. The molecule has 30 heavy (non-hydrogen) atoms. The van der Waals surface area contributed by atoms with Gasteiger partial charge in [-0.25, -0.2) is 13.8 Å². The number of carbonyl (C=O) groups excluding carboxylic acids is 1. The first-order chi connectivity index (χ1) is 14.4. The molecule has 5 nitrogen and oxygen atoms in total. The molecular weight excluding hydrogens is 412 g/mol. The van der Waals surface area contributed by atoms with Gasteiger partial charge in [-0.1, -0.05) is 35.9 Å². The molecule has 0 aliphatic rings. The Labute approximate surface area is 174 Å². The molecule has 1 aromatic heterocycles. The first-order valence-electron chi connectivity index (χ1n) is 8.93. The van der Waals surface area contributed by atoms with Crippen molar-refractivity contribution in [3.05, 3.63) is 93.7 Å². The van der Waals surface area contributed by atoms with E-state index in [9.17, 15) is 18.4 Å². The summed E-state index contributed by atoms with van der Waals surface area (Å²) in [6.07, 6.45) is 0. The maximum Gasteiger partial charge on any atom is 0.262 e. The predicted octanol–water partition coefficient (Wildman–Crippen LogP) is 4.63. The van der Waals surface area contributed by atoms with Crippen LogP contribution in [0.1, 0.15) is 0 Å². The van der Waals surface area contributed by atoms with Crippen LogP contribution in [0.15, 0.2) is 71.5 Å². The van der Waals surface area contributed by atoms with Crippen LogP contribution in [0.2, 0.25) is 5.02 Å². The van der Waals surface area contributed by atoms with Gasteiger partial charge in [0.2, 0.25) is 5.91 Å². The lowest BCUT2D eigenvalue weighted by Gasteiger charge is -2.14. The first-order valence-corrected chi connectivity index (χ1v) is 9.31. The molecule has 0 saturated heterocycles. The van der Waals surface area contributed by atoms with Crippen molar-refractivity contribution in [1.82, 2.24) is 9.55 Å². The molecular formula is C22H14ClF2N3O2. The van der Waals surface area contributed by atoms with Gasteiger partial charge in [0, 0.05) is 5.69 Å². The highest BCUT2D eigenvalue weighted by atomic mass is 35.5. The average Bonchev–Trinajstić information content (AvgIpc) is 2.73. The number of benzene rings is 3. The van der Waals surface area contributed by atoms with E-state index in [0.717, 1.165) is 10.6 Å². The third kappa shape index (κ3) is 3.79. The Morgan fingerprint density at radius 2 is 1.73 bits per heavy atom. The third-order valence-corrected chi connectivity index (χ3v) is 4.77. The van der Waals surface area contributed by atoms with Gasteiger partial charge in [0.1, 0.15) is 24.0 Å². The quantitative estimate of drug-likeness (QED) is 0.518. The lowest BCUT2D eigenvalue weighted by Crippen LogP contribution is -2.30. The summed E-state index contributed by atoms with van der Waals surface area (Å²) in [7, 11) is 0. The topological polar surface area (TPSA) is 64.0 Å². The smallest absolute Gasteiger partial charge is 0.262 e. The lowest BCUT2D eigenvalue weighted by atomic mass is 10.1. The van der Waals surface area contributed by atoms with Crippen molar-refractivity contribution in [2.24, 2.45) is 0 Å². The zero-order valence-electron chi connectivity index (χ0n) is 15.4. The molecule has 4 rings (SSSR count). The fourth-order valence-electron chi connectivity index (χ4n) is 3.08. The summed E-state index contributed by atoms with van der Waals surface area (Å²) in [4.78, 5) is 30.1. The van der Waals surface area contributed by atoms with Crippen molar-refractivity contribution in [2.45, 2.75) is 6.54 Å². The number of hydrogen-bond donors (Lipinski definition) is 1. The van der Waals surface area contributed by atoms with E-state index < -0.39 is 29.6 Å². The second kappa shape index (κ2) is 8.04. The van der Waals surface area contributed by atoms with Crippen LogP contribution >= 0.6 is 11.6 Å². The number of aromatic nitrogens is 2. The fourth-order valence-corrected chi connectivity index (χ4v) is 3.26. The van der Waals surface area contributed by atoms with Crippen LogP contribution in [0.25, 0.3) is 22.3 Å². The molecule has 8 heteroatoms. The van der Waals surface area contributed by atoms with Gasteiger partial charge in [0.15, 0.2) is 0 Å². The van der Waals surface area contributed by atoms with E-state index >= 15 is 0 Å². The van der Waals surface area contributed by atoms with E-state index in [1.807, 2.05) is 0 Å². The van der Waals surface area contributed by atoms with Crippen LogP contribution in [0.3, 0.4) is 0 Å². The van der Waals surface area contributed by atoms with E-state index in [-0.39, 0.29) is 22.1 Å². The standard InChI is InChI=1S/C22H14ClF2N3O2/c23-16-11-13(9-10-18(16)25)26-20(29)12-28-21(14-5-1-3-7-17(14)24)27-19-8-4-2-6-15(19)22(28)30/h1-11H,12H2,(H,26,29). The number of anilines is 1. The van der Waals surface area contributed by atoms with Gasteiger partial charge in [-0.15, -0.1) is 0 Å². The van der Waals surface area contributed by atoms with Gasteiger partial charge >= 0.3 is 0 Å². The maximum atomic E-state index is 14.4. The zero-order valence-corrected chi connectivity index (χ0v) is 16.2. The first kappa shape index (κ1) is 19.7. The van der Waals surface area contributed by atoms with Crippen LogP contribution in [0, 0.1) is 11.6 Å². The van der Waals surface area contributed by atoms with Gasteiger partial charge < -0.3 is 5.32 Å². The highest BCUT2D eigenvalue weighted by Gasteiger charge is 2.18. The van der Waals surface area contributed by atoms with Crippen molar-refractivity contribution in [3.8, 4) is 11.4 Å². The van der Waals surface area contributed by atoms with Gasteiger partial charge in [0.25, 0.3) is 5.56 Å². The summed E-state index contributed by atoms with van der Waals surface area (Å²) in [6.45, 7) is -0.421.